The lowest BCUT2D eigenvalue weighted by Crippen LogP contribution is -2.30. The van der Waals surface area contributed by atoms with Crippen molar-refractivity contribution in [2.24, 2.45) is 5.73 Å². The quantitative estimate of drug-likeness (QED) is 0.424. The van der Waals surface area contributed by atoms with Crippen molar-refractivity contribution in [2.45, 2.75) is 33.4 Å². The van der Waals surface area contributed by atoms with E-state index in [9.17, 15) is 14.4 Å². The predicted molar refractivity (Wildman–Crippen MR) is 128 cm³/mol. The summed E-state index contributed by atoms with van der Waals surface area (Å²) in [6.07, 6.45) is 0. The minimum Gasteiger partial charge on any atom is -0.364 e. The van der Waals surface area contributed by atoms with Crippen LogP contribution < -0.4 is 16.6 Å². The smallest absolute Gasteiger partial charge is 0.266 e. The monoisotopic (exact) mass is 442 g/mol. The van der Waals surface area contributed by atoms with Crippen LogP contribution in [0.15, 0.2) is 65.5 Å². The molecule has 2 amide bonds. The van der Waals surface area contributed by atoms with Crippen LogP contribution in [0.2, 0.25) is 0 Å². The highest BCUT2D eigenvalue weighted by Gasteiger charge is 2.28. The number of fused-ring (bicyclic) bond motifs is 1. The SMILES string of the molecule is Cc1cc(C)c(CNC(=O)c2c(C(N)=O)n(C(C)c3ccccc3)c3ccccc23)c(=O)[nH]1. The fraction of sp³-hybridized carbons (Fsp3) is 0.192. The number of nitrogens with zero attached hydrogens (tertiary/aromatic N) is 1. The Morgan fingerprint density at radius 3 is 2.39 bits per heavy atom. The number of aryl methyl sites for hydroxylation is 2. The third-order valence-corrected chi connectivity index (χ3v) is 5.96. The van der Waals surface area contributed by atoms with Gasteiger partial charge >= 0.3 is 0 Å². The van der Waals surface area contributed by atoms with Crippen molar-refractivity contribution >= 4 is 22.7 Å². The molecule has 0 radical (unpaired) electrons. The second kappa shape index (κ2) is 8.78. The van der Waals surface area contributed by atoms with E-state index in [1.807, 2.05) is 73.0 Å². The number of amides is 2. The molecule has 4 aromatic rings. The molecule has 33 heavy (non-hydrogen) atoms. The number of benzene rings is 2. The fourth-order valence-corrected chi connectivity index (χ4v) is 4.38. The minimum atomic E-state index is -0.691. The first-order valence-electron chi connectivity index (χ1n) is 10.7. The van der Waals surface area contributed by atoms with Crippen LogP contribution in [0.4, 0.5) is 0 Å². The zero-order valence-electron chi connectivity index (χ0n) is 18.8. The summed E-state index contributed by atoms with van der Waals surface area (Å²) in [7, 11) is 0. The first-order valence-corrected chi connectivity index (χ1v) is 10.7. The molecule has 7 nitrogen and oxygen atoms in total. The summed E-state index contributed by atoms with van der Waals surface area (Å²) in [5.74, 6) is -1.15. The number of pyridine rings is 1. The summed E-state index contributed by atoms with van der Waals surface area (Å²) in [6.45, 7) is 5.63. The van der Waals surface area contributed by atoms with Gasteiger partial charge in [-0.15, -0.1) is 0 Å². The van der Waals surface area contributed by atoms with E-state index in [0.717, 1.165) is 22.3 Å². The largest absolute Gasteiger partial charge is 0.364 e. The first kappa shape index (κ1) is 22.1. The van der Waals surface area contributed by atoms with E-state index in [1.165, 1.54) is 0 Å². The summed E-state index contributed by atoms with van der Waals surface area (Å²) >= 11 is 0. The van der Waals surface area contributed by atoms with Gasteiger partial charge in [-0.05, 0) is 44.0 Å². The zero-order valence-corrected chi connectivity index (χ0v) is 18.8. The lowest BCUT2D eigenvalue weighted by molar-refractivity contribution is 0.0931. The van der Waals surface area contributed by atoms with E-state index < -0.39 is 11.8 Å². The van der Waals surface area contributed by atoms with Crippen molar-refractivity contribution in [3.05, 3.63) is 105 Å². The lowest BCUT2D eigenvalue weighted by atomic mass is 10.1. The minimum absolute atomic E-state index is 0.0340. The van der Waals surface area contributed by atoms with E-state index in [1.54, 1.807) is 13.0 Å². The van der Waals surface area contributed by atoms with Crippen molar-refractivity contribution in [1.82, 2.24) is 14.9 Å². The van der Waals surface area contributed by atoms with Crippen molar-refractivity contribution in [2.75, 3.05) is 0 Å². The topological polar surface area (TPSA) is 110 Å². The maximum absolute atomic E-state index is 13.4. The molecule has 0 fully saturated rings. The number of hydrogen-bond donors (Lipinski definition) is 3. The van der Waals surface area contributed by atoms with Crippen LogP contribution in [-0.4, -0.2) is 21.4 Å². The Hall–Kier alpha value is -4.13. The van der Waals surface area contributed by atoms with Crippen molar-refractivity contribution in [3.8, 4) is 0 Å². The highest BCUT2D eigenvalue weighted by atomic mass is 16.2. The van der Waals surface area contributed by atoms with E-state index in [0.29, 0.717) is 10.9 Å². The molecule has 0 aliphatic rings. The van der Waals surface area contributed by atoms with E-state index >= 15 is 0 Å². The van der Waals surface area contributed by atoms with Crippen molar-refractivity contribution in [1.29, 1.82) is 0 Å². The number of primary amides is 1. The molecule has 1 atom stereocenters. The maximum Gasteiger partial charge on any atom is 0.266 e. The fourth-order valence-electron chi connectivity index (χ4n) is 4.38. The van der Waals surface area contributed by atoms with Crippen LogP contribution in [0.25, 0.3) is 10.9 Å². The average Bonchev–Trinajstić information content (AvgIpc) is 3.14. The molecule has 0 saturated carbocycles. The summed E-state index contributed by atoms with van der Waals surface area (Å²) in [5, 5.41) is 3.44. The Morgan fingerprint density at radius 1 is 1.06 bits per heavy atom. The van der Waals surface area contributed by atoms with Gasteiger partial charge in [-0.25, -0.2) is 0 Å². The van der Waals surface area contributed by atoms with Crippen LogP contribution in [0.5, 0.6) is 0 Å². The van der Waals surface area contributed by atoms with Crippen molar-refractivity contribution in [3.63, 3.8) is 0 Å². The molecule has 2 aromatic carbocycles. The van der Waals surface area contributed by atoms with Crippen LogP contribution in [0, 0.1) is 13.8 Å². The number of carbonyl (C=O) groups excluding carboxylic acids is 2. The highest BCUT2D eigenvalue weighted by Crippen LogP contribution is 2.32. The summed E-state index contributed by atoms with van der Waals surface area (Å²) in [5.41, 5.74) is 9.63. The Balaban J connectivity index is 1.81. The predicted octanol–water partition coefficient (Wildman–Crippen LogP) is 3.58. The van der Waals surface area contributed by atoms with Gasteiger partial charge in [0.15, 0.2) is 0 Å². The molecule has 1 unspecified atom stereocenters. The Labute approximate surface area is 191 Å². The Kier molecular flexibility index (Phi) is 5.87. The van der Waals surface area contributed by atoms with E-state index in [-0.39, 0.29) is 29.4 Å². The molecule has 2 aromatic heterocycles. The molecule has 7 heteroatoms. The molecule has 2 heterocycles. The van der Waals surface area contributed by atoms with Gasteiger partial charge in [0.1, 0.15) is 5.69 Å². The van der Waals surface area contributed by atoms with Crippen LogP contribution in [0.3, 0.4) is 0 Å². The molecule has 0 saturated heterocycles. The number of H-pyrrole nitrogens is 1. The molecule has 168 valence electrons. The molecule has 0 aliphatic heterocycles. The maximum atomic E-state index is 13.4. The van der Waals surface area contributed by atoms with Crippen LogP contribution >= 0.6 is 0 Å². The van der Waals surface area contributed by atoms with Gasteiger partial charge in [-0.2, -0.15) is 0 Å². The standard InChI is InChI=1S/C26H26N4O3/c1-15-13-16(2)29-25(32)20(15)14-28-26(33)22-19-11-7-8-12-21(19)30(23(22)24(27)31)17(3)18-9-5-4-6-10-18/h4-13,17H,14H2,1-3H3,(H2,27,31)(H,28,33)(H,29,32). The number of rotatable bonds is 6. The van der Waals surface area contributed by atoms with E-state index in [2.05, 4.69) is 10.3 Å². The molecular weight excluding hydrogens is 416 g/mol. The third kappa shape index (κ3) is 4.05. The molecule has 4 N–H and O–H groups in total. The third-order valence-electron chi connectivity index (χ3n) is 5.96. The Morgan fingerprint density at radius 2 is 1.73 bits per heavy atom. The summed E-state index contributed by atoms with van der Waals surface area (Å²) in [4.78, 5) is 41.1. The zero-order chi connectivity index (χ0) is 23.7. The molecule has 0 spiro atoms. The van der Waals surface area contributed by atoms with E-state index in [4.69, 9.17) is 5.73 Å². The van der Waals surface area contributed by atoms with Gasteiger partial charge in [0.25, 0.3) is 17.4 Å². The Bertz CT molecular complexity index is 1420. The van der Waals surface area contributed by atoms with Gasteiger partial charge in [0, 0.05) is 23.2 Å². The second-order valence-electron chi connectivity index (χ2n) is 8.19. The van der Waals surface area contributed by atoms with Crippen molar-refractivity contribution < 1.29 is 9.59 Å². The average molecular weight is 443 g/mol. The van der Waals surface area contributed by atoms with Gasteiger partial charge in [0.2, 0.25) is 0 Å². The van der Waals surface area contributed by atoms with Gasteiger partial charge < -0.3 is 20.6 Å². The summed E-state index contributed by atoms with van der Waals surface area (Å²) < 4.78 is 1.81. The van der Waals surface area contributed by atoms with Crippen LogP contribution in [0.1, 0.15) is 56.2 Å². The number of aromatic amines is 1. The first-order chi connectivity index (χ1) is 15.8. The number of para-hydroxylation sites is 1. The van der Waals surface area contributed by atoms with Crippen LogP contribution in [-0.2, 0) is 6.54 Å². The summed E-state index contributed by atoms with van der Waals surface area (Å²) in [6, 6.07) is 18.7. The van der Waals surface area contributed by atoms with Gasteiger partial charge in [-0.3, -0.25) is 14.4 Å². The normalized spacial score (nSPS) is 12.0. The number of hydrogen-bond acceptors (Lipinski definition) is 3. The lowest BCUT2D eigenvalue weighted by Gasteiger charge is -2.18. The number of carbonyl (C=O) groups is 2. The number of nitrogens with two attached hydrogens (primary N) is 1. The number of aromatic nitrogens is 2. The molecule has 4 rings (SSSR count). The highest BCUT2D eigenvalue weighted by molar-refractivity contribution is 6.15. The molecule has 0 aliphatic carbocycles. The van der Waals surface area contributed by atoms with Gasteiger partial charge in [-0.1, -0.05) is 48.5 Å². The molecule has 0 bridgehead atoms. The second-order valence-corrected chi connectivity index (χ2v) is 8.19. The molecular formula is C26H26N4O3. The van der Waals surface area contributed by atoms with Gasteiger partial charge in [0.05, 0.1) is 17.1 Å². The number of nitrogens with one attached hydrogen (secondary N) is 2.